The molecule has 1 saturated heterocycles. The molecular weight excluding hydrogens is 348 g/mol. The number of benzene rings is 1. The van der Waals surface area contributed by atoms with E-state index in [1.807, 2.05) is 24.3 Å². The zero-order chi connectivity index (χ0) is 19.0. The first-order valence-corrected chi connectivity index (χ1v) is 8.71. The molecule has 1 aromatic carbocycles. The third kappa shape index (κ3) is 3.12. The normalized spacial score (nSPS) is 23.1. The molecule has 0 spiro atoms. The van der Waals surface area contributed by atoms with Crippen molar-refractivity contribution >= 4 is 29.0 Å². The van der Waals surface area contributed by atoms with Crippen molar-refractivity contribution in [1.82, 2.24) is 5.32 Å². The van der Waals surface area contributed by atoms with E-state index >= 15 is 0 Å². The molecule has 8 heteroatoms. The Labute approximate surface area is 156 Å². The SMILES string of the molecule is CC(=O)NCC1OC(=O)N2c3ccc(C4=CCC(C#N)=NC4)cc3OCC12. The van der Waals surface area contributed by atoms with Crippen molar-refractivity contribution in [3.63, 3.8) is 0 Å². The fourth-order valence-electron chi connectivity index (χ4n) is 3.47. The van der Waals surface area contributed by atoms with E-state index in [2.05, 4.69) is 16.4 Å². The number of hydrogen-bond acceptors (Lipinski definition) is 6. The monoisotopic (exact) mass is 366 g/mol. The standard InChI is InChI=1S/C19H18N4O4/c1-11(24)21-9-18-16-10-26-17-6-12(13-2-4-14(7-20)22-8-13)3-5-15(17)23(16)19(25)27-18/h2-3,5-6,16,18H,4,8-10H2,1H3,(H,21,24). The maximum Gasteiger partial charge on any atom is 0.415 e. The number of fused-ring (bicyclic) bond motifs is 3. The molecule has 0 aliphatic carbocycles. The molecular formula is C19H18N4O4. The number of hydrogen-bond donors (Lipinski definition) is 1. The van der Waals surface area contributed by atoms with Crippen LogP contribution in [0.3, 0.4) is 0 Å². The average Bonchev–Trinajstić information content (AvgIpc) is 3.02. The number of rotatable bonds is 3. The first-order chi connectivity index (χ1) is 13.1. The number of carbonyl (C=O) groups is 2. The summed E-state index contributed by atoms with van der Waals surface area (Å²) in [5.41, 5.74) is 3.16. The van der Waals surface area contributed by atoms with E-state index < -0.39 is 12.2 Å². The van der Waals surface area contributed by atoms with Crippen LogP contribution in [-0.2, 0) is 9.53 Å². The minimum atomic E-state index is -0.450. The lowest BCUT2D eigenvalue weighted by Gasteiger charge is -2.31. The van der Waals surface area contributed by atoms with Crippen molar-refractivity contribution < 1.29 is 19.1 Å². The molecule has 138 valence electrons. The number of aliphatic imine (C=N–C) groups is 1. The summed E-state index contributed by atoms with van der Waals surface area (Å²) >= 11 is 0. The molecule has 2 unspecified atom stereocenters. The third-order valence-electron chi connectivity index (χ3n) is 4.87. The van der Waals surface area contributed by atoms with Crippen LogP contribution in [0.4, 0.5) is 10.5 Å². The second-order valence-corrected chi connectivity index (χ2v) is 6.60. The van der Waals surface area contributed by atoms with Crippen molar-refractivity contribution in [2.75, 3.05) is 24.6 Å². The van der Waals surface area contributed by atoms with Crippen LogP contribution < -0.4 is 15.0 Å². The van der Waals surface area contributed by atoms with Crippen molar-refractivity contribution in [3.05, 3.63) is 29.8 Å². The van der Waals surface area contributed by atoms with Crippen LogP contribution in [-0.4, -0.2) is 49.6 Å². The molecule has 4 rings (SSSR count). The van der Waals surface area contributed by atoms with Crippen molar-refractivity contribution in [2.24, 2.45) is 4.99 Å². The predicted octanol–water partition coefficient (Wildman–Crippen LogP) is 1.66. The maximum atomic E-state index is 12.4. The molecule has 3 aliphatic heterocycles. The summed E-state index contributed by atoms with van der Waals surface area (Å²) < 4.78 is 11.3. The van der Waals surface area contributed by atoms with Gasteiger partial charge in [0.1, 0.15) is 36.3 Å². The number of allylic oxidation sites excluding steroid dienone is 1. The quantitative estimate of drug-likeness (QED) is 0.876. The number of nitriles is 1. The molecule has 0 aromatic heterocycles. The molecule has 0 radical (unpaired) electrons. The lowest BCUT2D eigenvalue weighted by molar-refractivity contribution is -0.119. The van der Waals surface area contributed by atoms with Crippen LogP contribution in [0, 0.1) is 11.3 Å². The van der Waals surface area contributed by atoms with Gasteiger partial charge in [0.2, 0.25) is 5.91 Å². The van der Waals surface area contributed by atoms with Crippen LogP contribution >= 0.6 is 0 Å². The number of amides is 2. The highest BCUT2D eigenvalue weighted by Crippen LogP contribution is 2.40. The van der Waals surface area contributed by atoms with E-state index in [4.69, 9.17) is 14.7 Å². The van der Waals surface area contributed by atoms with Crippen molar-refractivity contribution in [2.45, 2.75) is 25.5 Å². The Kier molecular flexibility index (Phi) is 4.28. The van der Waals surface area contributed by atoms with E-state index in [1.54, 1.807) is 4.90 Å². The van der Waals surface area contributed by atoms with Gasteiger partial charge in [-0.05, 0) is 23.3 Å². The predicted molar refractivity (Wildman–Crippen MR) is 97.7 cm³/mol. The van der Waals surface area contributed by atoms with E-state index in [9.17, 15) is 9.59 Å². The first kappa shape index (κ1) is 17.1. The Hall–Kier alpha value is -3.34. The Morgan fingerprint density at radius 2 is 2.33 bits per heavy atom. The van der Waals surface area contributed by atoms with E-state index in [0.717, 1.165) is 11.1 Å². The van der Waals surface area contributed by atoms with Gasteiger partial charge in [-0.1, -0.05) is 12.1 Å². The van der Waals surface area contributed by atoms with Crippen LogP contribution in [0.1, 0.15) is 18.9 Å². The van der Waals surface area contributed by atoms with Gasteiger partial charge in [0.05, 0.1) is 18.8 Å². The van der Waals surface area contributed by atoms with E-state index in [0.29, 0.717) is 36.7 Å². The van der Waals surface area contributed by atoms with Gasteiger partial charge in [-0.25, -0.2) is 4.79 Å². The second kappa shape index (κ2) is 6.76. The summed E-state index contributed by atoms with van der Waals surface area (Å²) in [5.74, 6) is 0.436. The number of ether oxygens (including phenoxy) is 2. The minimum Gasteiger partial charge on any atom is -0.489 e. The number of dihydropyridines is 1. The summed E-state index contributed by atoms with van der Waals surface area (Å²) in [6.07, 6.45) is 1.63. The highest BCUT2D eigenvalue weighted by atomic mass is 16.6. The third-order valence-corrected chi connectivity index (χ3v) is 4.87. The number of anilines is 1. The summed E-state index contributed by atoms with van der Waals surface area (Å²) in [4.78, 5) is 29.3. The van der Waals surface area contributed by atoms with Crippen LogP contribution in [0.25, 0.3) is 5.57 Å². The molecule has 1 N–H and O–H groups in total. The zero-order valence-electron chi connectivity index (χ0n) is 14.8. The summed E-state index contributed by atoms with van der Waals surface area (Å²) in [5, 5.41) is 11.6. The topological polar surface area (TPSA) is 104 Å². The molecule has 0 saturated carbocycles. The van der Waals surface area contributed by atoms with Crippen molar-refractivity contribution in [3.8, 4) is 11.8 Å². The molecule has 0 bridgehead atoms. The highest BCUT2D eigenvalue weighted by Gasteiger charge is 2.46. The first-order valence-electron chi connectivity index (χ1n) is 8.71. The highest BCUT2D eigenvalue weighted by molar-refractivity contribution is 6.02. The van der Waals surface area contributed by atoms with Crippen LogP contribution in [0.15, 0.2) is 29.3 Å². The molecule has 2 atom stereocenters. The Morgan fingerprint density at radius 3 is 3.04 bits per heavy atom. The fraction of sp³-hybridized carbons (Fsp3) is 0.368. The van der Waals surface area contributed by atoms with Crippen LogP contribution in [0.2, 0.25) is 0 Å². The molecule has 3 heterocycles. The maximum absolute atomic E-state index is 12.4. The molecule has 8 nitrogen and oxygen atoms in total. The van der Waals surface area contributed by atoms with E-state index in [-0.39, 0.29) is 18.5 Å². The van der Waals surface area contributed by atoms with E-state index in [1.165, 1.54) is 6.92 Å². The molecule has 27 heavy (non-hydrogen) atoms. The Bertz CT molecular complexity index is 915. The molecule has 1 aromatic rings. The van der Waals surface area contributed by atoms with Gasteiger partial charge in [0.15, 0.2) is 0 Å². The van der Waals surface area contributed by atoms with Gasteiger partial charge in [0, 0.05) is 13.3 Å². The molecule has 1 fully saturated rings. The van der Waals surface area contributed by atoms with Crippen LogP contribution in [0.5, 0.6) is 5.75 Å². The van der Waals surface area contributed by atoms with Gasteiger partial charge in [-0.15, -0.1) is 0 Å². The van der Waals surface area contributed by atoms with Crippen molar-refractivity contribution in [1.29, 1.82) is 5.26 Å². The van der Waals surface area contributed by atoms with Gasteiger partial charge in [-0.3, -0.25) is 14.7 Å². The fourth-order valence-corrected chi connectivity index (χ4v) is 3.47. The largest absolute Gasteiger partial charge is 0.489 e. The lowest BCUT2D eigenvalue weighted by Crippen LogP contribution is -2.47. The number of nitrogens with zero attached hydrogens (tertiary/aromatic N) is 3. The summed E-state index contributed by atoms with van der Waals surface area (Å²) in [7, 11) is 0. The lowest BCUT2D eigenvalue weighted by atomic mass is 9.99. The average molecular weight is 366 g/mol. The summed E-state index contributed by atoms with van der Waals surface area (Å²) in [6, 6.07) is 7.43. The number of nitrogens with one attached hydrogen (secondary N) is 1. The Morgan fingerprint density at radius 1 is 1.48 bits per heavy atom. The van der Waals surface area contributed by atoms with Gasteiger partial charge in [0.25, 0.3) is 0 Å². The second-order valence-electron chi connectivity index (χ2n) is 6.60. The smallest absolute Gasteiger partial charge is 0.415 e. The van der Waals surface area contributed by atoms with Gasteiger partial charge < -0.3 is 14.8 Å². The zero-order valence-corrected chi connectivity index (χ0v) is 14.8. The van der Waals surface area contributed by atoms with Gasteiger partial charge >= 0.3 is 6.09 Å². The number of carbonyl (C=O) groups excluding carboxylic acids is 2. The number of cyclic esters (lactones) is 1. The molecule has 2 amide bonds. The van der Waals surface area contributed by atoms with Gasteiger partial charge in [-0.2, -0.15) is 5.26 Å². The molecule has 3 aliphatic rings. The minimum absolute atomic E-state index is 0.172. The summed E-state index contributed by atoms with van der Waals surface area (Å²) in [6.45, 7) is 2.43. The Balaban J connectivity index is 1.55.